The monoisotopic (exact) mass is 454 g/mol. The number of amides is 3. The molecule has 1 fully saturated rings. The molecule has 1 aliphatic rings. The first kappa shape index (κ1) is 22.9. The zero-order valence-corrected chi connectivity index (χ0v) is 18.7. The number of anilines is 1. The van der Waals surface area contributed by atoms with Crippen molar-refractivity contribution >= 4 is 17.6 Å². The van der Waals surface area contributed by atoms with Crippen LogP contribution in [0.5, 0.6) is 11.5 Å². The van der Waals surface area contributed by atoms with Crippen molar-refractivity contribution in [3.8, 4) is 17.6 Å². The Labute approximate surface area is 199 Å². The van der Waals surface area contributed by atoms with Crippen molar-refractivity contribution < 1.29 is 14.3 Å². The molecule has 0 aromatic heterocycles. The maximum atomic E-state index is 12.7. The fraction of sp³-hybridized carbons (Fsp3) is 0.222. The molecular formula is C27H26N4O3. The van der Waals surface area contributed by atoms with E-state index in [2.05, 4.69) is 16.7 Å². The summed E-state index contributed by atoms with van der Waals surface area (Å²) < 4.78 is 5.96. The summed E-state index contributed by atoms with van der Waals surface area (Å²) in [7, 11) is 0. The number of nitrogens with one attached hydrogen (secondary N) is 2. The van der Waals surface area contributed by atoms with E-state index in [4.69, 9.17) is 10.00 Å². The molecule has 2 N–H and O–H groups in total. The summed E-state index contributed by atoms with van der Waals surface area (Å²) in [6.45, 7) is 1.35. The molecule has 0 aliphatic carbocycles. The van der Waals surface area contributed by atoms with Gasteiger partial charge < -0.3 is 20.3 Å². The summed E-state index contributed by atoms with van der Waals surface area (Å²) in [6.07, 6.45) is 1.18. The van der Waals surface area contributed by atoms with Gasteiger partial charge in [0.05, 0.1) is 11.6 Å². The van der Waals surface area contributed by atoms with Gasteiger partial charge in [0.15, 0.2) is 0 Å². The number of piperidine rings is 1. The largest absolute Gasteiger partial charge is 0.457 e. The topological polar surface area (TPSA) is 94.5 Å². The van der Waals surface area contributed by atoms with Crippen molar-refractivity contribution in [3.63, 3.8) is 0 Å². The Bertz CT molecular complexity index is 1180. The van der Waals surface area contributed by atoms with Gasteiger partial charge in [0, 0.05) is 36.8 Å². The smallest absolute Gasteiger partial charge is 0.317 e. The van der Waals surface area contributed by atoms with E-state index in [0.29, 0.717) is 49.5 Å². The highest BCUT2D eigenvalue weighted by molar-refractivity contribution is 5.92. The Morgan fingerprint density at radius 1 is 0.971 bits per heavy atom. The zero-order valence-electron chi connectivity index (χ0n) is 18.7. The summed E-state index contributed by atoms with van der Waals surface area (Å²) in [5, 5.41) is 14.9. The van der Waals surface area contributed by atoms with Crippen LogP contribution in [0.2, 0.25) is 0 Å². The molecule has 0 saturated carbocycles. The van der Waals surface area contributed by atoms with Gasteiger partial charge in [0.25, 0.3) is 0 Å². The minimum Gasteiger partial charge on any atom is -0.457 e. The first-order valence-electron chi connectivity index (χ1n) is 11.3. The highest BCUT2D eigenvalue weighted by Crippen LogP contribution is 2.25. The van der Waals surface area contributed by atoms with Gasteiger partial charge in [-0.15, -0.1) is 0 Å². The fourth-order valence-electron chi connectivity index (χ4n) is 3.90. The van der Waals surface area contributed by atoms with Gasteiger partial charge >= 0.3 is 6.03 Å². The van der Waals surface area contributed by atoms with Crippen molar-refractivity contribution in [2.45, 2.75) is 19.4 Å². The molecule has 3 aromatic carbocycles. The number of nitriles is 1. The van der Waals surface area contributed by atoms with Crippen LogP contribution in [0.15, 0.2) is 78.9 Å². The third-order valence-corrected chi connectivity index (χ3v) is 5.79. The summed E-state index contributed by atoms with van der Waals surface area (Å²) in [4.78, 5) is 27.1. The lowest BCUT2D eigenvalue weighted by Gasteiger charge is -2.31. The summed E-state index contributed by atoms with van der Waals surface area (Å²) in [5.74, 6) is 1.18. The molecule has 7 heteroatoms. The molecule has 4 rings (SSSR count). The Kier molecular flexibility index (Phi) is 7.41. The number of hydrogen-bond acceptors (Lipinski definition) is 4. The number of nitrogens with zero attached hydrogens (tertiary/aromatic N) is 2. The first-order valence-corrected chi connectivity index (χ1v) is 11.3. The zero-order chi connectivity index (χ0) is 23.8. The van der Waals surface area contributed by atoms with E-state index in [1.165, 1.54) is 0 Å². The molecule has 7 nitrogen and oxygen atoms in total. The van der Waals surface area contributed by atoms with E-state index in [-0.39, 0.29) is 17.9 Å². The maximum absolute atomic E-state index is 12.7. The number of urea groups is 1. The number of para-hydroxylation sites is 2. The molecule has 0 unspecified atom stereocenters. The van der Waals surface area contributed by atoms with Crippen molar-refractivity contribution in [1.82, 2.24) is 10.2 Å². The fourth-order valence-corrected chi connectivity index (χ4v) is 3.90. The molecule has 3 amide bonds. The van der Waals surface area contributed by atoms with Gasteiger partial charge in [0.1, 0.15) is 11.5 Å². The second kappa shape index (κ2) is 11.0. The molecule has 0 spiro atoms. The van der Waals surface area contributed by atoms with Crippen LogP contribution in [-0.4, -0.2) is 29.9 Å². The Hall–Kier alpha value is -4.31. The van der Waals surface area contributed by atoms with E-state index < -0.39 is 0 Å². The van der Waals surface area contributed by atoms with Crippen LogP contribution >= 0.6 is 0 Å². The van der Waals surface area contributed by atoms with Crippen LogP contribution in [-0.2, 0) is 11.3 Å². The molecule has 1 heterocycles. The van der Waals surface area contributed by atoms with E-state index in [0.717, 1.165) is 11.3 Å². The third-order valence-electron chi connectivity index (χ3n) is 5.79. The second-order valence-electron chi connectivity index (χ2n) is 8.12. The number of carbonyl (C=O) groups is 2. The summed E-state index contributed by atoms with van der Waals surface area (Å²) >= 11 is 0. The normalized spacial score (nSPS) is 13.6. The van der Waals surface area contributed by atoms with Crippen molar-refractivity contribution in [2.24, 2.45) is 5.92 Å². The average molecular weight is 455 g/mol. The van der Waals surface area contributed by atoms with Crippen LogP contribution in [0.3, 0.4) is 0 Å². The van der Waals surface area contributed by atoms with Gasteiger partial charge in [0.2, 0.25) is 5.91 Å². The van der Waals surface area contributed by atoms with E-state index >= 15 is 0 Å². The number of hydrogen-bond donors (Lipinski definition) is 2. The number of carbonyl (C=O) groups excluding carboxylic acids is 2. The van der Waals surface area contributed by atoms with E-state index in [9.17, 15) is 9.59 Å². The standard InChI is InChI=1S/C27H26N4O3/c28-18-20-7-6-9-23(17-20)30-26(32)21-13-15-31(16-14-21)27(33)29-19-22-8-4-5-12-25(22)34-24-10-2-1-3-11-24/h1-12,17,21H,13-16,19H2,(H,29,33)(H,30,32). The number of likely N-dealkylation sites (tertiary alicyclic amines) is 1. The van der Waals surface area contributed by atoms with E-state index in [1.54, 1.807) is 29.2 Å². The Morgan fingerprint density at radius 2 is 1.71 bits per heavy atom. The van der Waals surface area contributed by atoms with Crippen LogP contribution in [0.25, 0.3) is 0 Å². The minimum atomic E-state index is -0.171. The second-order valence-corrected chi connectivity index (χ2v) is 8.12. The lowest BCUT2D eigenvalue weighted by atomic mass is 9.96. The van der Waals surface area contributed by atoms with Gasteiger partial charge in [-0.1, -0.05) is 42.5 Å². The predicted molar refractivity (Wildman–Crippen MR) is 129 cm³/mol. The molecule has 3 aromatic rings. The molecule has 1 saturated heterocycles. The highest BCUT2D eigenvalue weighted by Gasteiger charge is 2.27. The average Bonchev–Trinajstić information content (AvgIpc) is 2.89. The molecule has 34 heavy (non-hydrogen) atoms. The van der Waals surface area contributed by atoms with Crippen molar-refractivity contribution in [2.75, 3.05) is 18.4 Å². The third kappa shape index (κ3) is 5.93. The molecule has 1 aliphatic heterocycles. The van der Waals surface area contributed by atoms with Gasteiger partial charge in [-0.2, -0.15) is 5.26 Å². The van der Waals surface area contributed by atoms with Crippen molar-refractivity contribution in [1.29, 1.82) is 5.26 Å². The highest BCUT2D eigenvalue weighted by atomic mass is 16.5. The number of ether oxygens (including phenoxy) is 1. The van der Waals surface area contributed by atoms with Crippen LogP contribution in [0.1, 0.15) is 24.0 Å². The number of rotatable bonds is 6. The maximum Gasteiger partial charge on any atom is 0.317 e. The molecule has 0 atom stereocenters. The first-order chi connectivity index (χ1) is 16.6. The summed E-state index contributed by atoms with van der Waals surface area (Å²) in [5.41, 5.74) is 1.99. The van der Waals surface area contributed by atoms with Crippen LogP contribution < -0.4 is 15.4 Å². The van der Waals surface area contributed by atoms with E-state index in [1.807, 2.05) is 54.6 Å². The quantitative estimate of drug-likeness (QED) is 0.553. The van der Waals surface area contributed by atoms with Crippen molar-refractivity contribution in [3.05, 3.63) is 90.0 Å². The Balaban J connectivity index is 1.27. The van der Waals surface area contributed by atoms with Crippen LogP contribution in [0, 0.1) is 17.2 Å². The van der Waals surface area contributed by atoms with Gasteiger partial charge in [-0.3, -0.25) is 4.79 Å². The molecular weight excluding hydrogens is 428 g/mol. The van der Waals surface area contributed by atoms with Crippen LogP contribution in [0.4, 0.5) is 10.5 Å². The summed E-state index contributed by atoms with van der Waals surface area (Å²) in [6, 6.07) is 25.9. The molecule has 0 radical (unpaired) electrons. The SMILES string of the molecule is N#Cc1cccc(NC(=O)C2CCN(C(=O)NCc3ccccc3Oc3ccccc3)CC2)c1. The number of benzene rings is 3. The lowest BCUT2D eigenvalue weighted by molar-refractivity contribution is -0.121. The predicted octanol–water partition coefficient (Wildman–Crippen LogP) is 4.91. The lowest BCUT2D eigenvalue weighted by Crippen LogP contribution is -2.45. The van der Waals surface area contributed by atoms with Gasteiger partial charge in [-0.25, -0.2) is 4.79 Å². The molecule has 172 valence electrons. The van der Waals surface area contributed by atoms with Gasteiger partial charge in [-0.05, 0) is 49.2 Å². The molecule has 0 bridgehead atoms. The minimum absolute atomic E-state index is 0.0814. The Morgan fingerprint density at radius 3 is 2.47 bits per heavy atom.